The van der Waals surface area contributed by atoms with Crippen molar-refractivity contribution in [2.45, 2.75) is 26.2 Å². The van der Waals surface area contributed by atoms with Gasteiger partial charge in [-0.15, -0.1) is 0 Å². The summed E-state index contributed by atoms with van der Waals surface area (Å²) in [7, 11) is 1.32. The number of aliphatic hydroxyl groups is 1. The predicted molar refractivity (Wildman–Crippen MR) is 78.5 cm³/mol. The third-order valence-corrected chi connectivity index (χ3v) is 3.28. The van der Waals surface area contributed by atoms with E-state index in [1.165, 1.54) is 7.11 Å². The summed E-state index contributed by atoms with van der Waals surface area (Å²) in [4.78, 5) is 11.2. The second-order valence-corrected chi connectivity index (χ2v) is 4.73. The Hall–Kier alpha value is -0.568. The molecule has 1 heterocycles. The molecule has 0 bridgehead atoms. The van der Waals surface area contributed by atoms with Crippen LogP contribution in [0.4, 0.5) is 0 Å². The van der Waals surface area contributed by atoms with E-state index in [-0.39, 0.29) is 57.3 Å². The van der Waals surface area contributed by atoms with Gasteiger partial charge in [-0.1, -0.05) is 25.5 Å². The number of benzene rings is 1. The van der Waals surface area contributed by atoms with E-state index in [0.717, 1.165) is 29.6 Å². The molecule has 22 heavy (non-hydrogen) atoms. The zero-order valence-corrected chi connectivity index (χ0v) is 17.7. The first-order valence-electron chi connectivity index (χ1n) is 7.05. The molecule has 117 valence electrons. The van der Waals surface area contributed by atoms with Gasteiger partial charge < -0.3 is 19.0 Å². The van der Waals surface area contributed by atoms with Crippen molar-refractivity contribution >= 4 is 16.9 Å². The number of esters is 1. The largest absolute Gasteiger partial charge is 0.478 e. The molecule has 0 spiro atoms. The molecular formula is C16H20AcO5. The molecule has 0 aliphatic heterocycles. The van der Waals surface area contributed by atoms with Crippen LogP contribution in [0.15, 0.2) is 22.6 Å². The molecule has 0 aliphatic rings. The first-order valence-corrected chi connectivity index (χ1v) is 7.05. The minimum Gasteiger partial charge on any atom is -0.478 e. The number of carbonyl (C=O) groups is 1. The number of aryl methyl sites for hydroxylation is 1. The van der Waals surface area contributed by atoms with Gasteiger partial charge in [-0.2, -0.15) is 0 Å². The van der Waals surface area contributed by atoms with Crippen LogP contribution in [0, 0.1) is 44.1 Å². The Bertz CT molecular complexity index is 620. The number of hydrogen-bond acceptors (Lipinski definition) is 5. The number of rotatable bonds is 7. The molecule has 5 nitrogen and oxygen atoms in total. The standard InChI is InChI=1S/C16H20O5.Ac/c1-3-5-11-12-6-4-7-14(20-10-15(18)19-2)16(12)21-13(11)8-9-17;/h4,6-7,17H,3,5,8-10H2,1-2H3;. The minimum atomic E-state index is -0.442. The zero-order chi connectivity index (χ0) is 15.2. The van der Waals surface area contributed by atoms with Crippen molar-refractivity contribution in [1.29, 1.82) is 0 Å². The summed E-state index contributed by atoms with van der Waals surface area (Å²) in [5, 5.41) is 10.1. The van der Waals surface area contributed by atoms with Crippen molar-refractivity contribution in [3.63, 3.8) is 0 Å². The molecule has 0 saturated carbocycles. The molecule has 0 aliphatic carbocycles. The molecule has 2 aromatic rings. The van der Waals surface area contributed by atoms with Crippen molar-refractivity contribution in [2.75, 3.05) is 20.3 Å². The number of hydrogen-bond donors (Lipinski definition) is 1. The van der Waals surface area contributed by atoms with Crippen molar-refractivity contribution in [3.8, 4) is 5.75 Å². The van der Waals surface area contributed by atoms with E-state index in [0.29, 0.717) is 17.8 Å². The van der Waals surface area contributed by atoms with Gasteiger partial charge in [0.25, 0.3) is 0 Å². The SMILES string of the molecule is CCCc1c(CCO)oc2c(OCC(=O)OC)cccc12.[Ac]. The van der Waals surface area contributed by atoms with Gasteiger partial charge in [-0.25, -0.2) is 4.79 Å². The van der Waals surface area contributed by atoms with Crippen LogP contribution in [0.25, 0.3) is 11.0 Å². The summed E-state index contributed by atoms with van der Waals surface area (Å²) in [5.74, 6) is 0.853. The van der Waals surface area contributed by atoms with Crippen molar-refractivity contribution in [1.82, 2.24) is 0 Å². The van der Waals surface area contributed by atoms with Crippen LogP contribution in [0.1, 0.15) is 24.7 Å². The summed E-state index contributed by atoms with van der Waals surface area (Å²) in [5.41, 5.74) is 1.72. The van der Waals surface area contributed by atoms with E-state index < -0.39 is 5.97 Å². The average Bonchev–Trinajstić information content (AvgIpc) is 2.84. The number of aliphatic hydroxyl groups excluding tert-OH is 1. The maximum atomic E-state index is 11.2. The number of para-hydroxylation sites is 1. The van der Waals surface area contributed by atoms with Crippen LogP contribution in [0.3, 0.4) is 0 Å². The minimum absolute atomic E-state index is 0. The summed E-state index contributed by atoms with van der Waals surface area (Å²) in [6, 6.07) is 5.59. The van der Waals surface area contributed by atoms with Crippen LogP contribution in [0.5, 0.6) is 5.75 Å². The number of ether oxygens (including phenoxy) is 2. The number of furan rings is 1. The Morgan fingerprint density at radius 2 is 2.09 bits per heavy atom. The van der Waals surface area contributed by atoms with E-state index in [2.05, 4.69) is 11.7 Å². The van der Waals surface area contributed by atoms with E-state index in [9.17, 15) is 4.79 Å². The quantitative estimate of drug-likeness (QED) is 0.570. The van der Waals surface area contributed by atoms with E-state index >= 15 is 0 Å². The summed E-state index contributed by atoms with van der Waals surface area (Å²) < 4.78 is 15.9. The summed E-state index contributed by atoms with van der Waals surface area (Å²) in [6.45, 7) is 1.98. The zero-order valence-electron chi connectivity index (χ0n) is 12.9. The van der Waals surface area contributed by atoms with Crippen LogP contribution >= 0.6 is 0 Å². The van der Waals surface area contributed by atoms with Crippen LogP contribution in [0.2, 0.25) is 0 Å². The molecule has 0 amide bonds. The summed E-state index contributed by atoms with van der Waals surface area (Å²) >= 11 is 0. The fraction of sp³-hybridized carbons (Fsp3) is 0.438. The molecule has 2 rings (SSSR count). The molecule has 0 atom stereocenters. The van der Waals surface area contributed by atoms with Crippen molar-refractivity contribution in [2.24, 2.45) is 0 Å². The summed E-state index contributed by atoms with van der Waals surface area (Å²) in [6.07, 6.45) is 2.34. The first kappa shape index (κ1) is 19.5. The Morgan fingerprint density at radius 3 is 2.73 bits per heavy atom. The molecule has 0 saturated heterocycles. The molecule has 1 aromatic carbocycles. The van der Waals surface area contributed by atoms with Crippen LogP contribution in [-0.2, 0) is 22.4 Å². The third kappa shape index (κ3) is 4.47. The van der Waals surface area contributed by atoms with Gasteiger partial charge in [0.05, 0.1) is 13.7 Å². The molecule has 1 N–H and O–H groups in total. The number of fused-ring (bicyclic) bond motifs is 1. The number of carbonyl (C=O) groups excluding carboxylic acids is 1. The monoisotopic (exact) mass is 519 g/mol. The topological polar surface area (TPSA) is 68.9 Å². The Kier molecular flexibility index (Phi) is 8.45. The molecule has 6 heteroatoms. The first-order chi connectivity index (χ1) is 10.2. The van der Waals surface area contributed by atoms with Crippen molar-refractivity contribution in [3.05, 3.63) is 29.5 Å². The second-order valence-electron chi connectivity index (χ2n) is 4.73. The van der Waals surface area contributed by atoms with Gasteiger partial charge in [0.1, 0.15) is 5.76 Å². The molecule has 1 aromatic heterocycles. The smallest absolute Gasteiger partial charge is 0.343 e. The van der Waals surface area contributed by atoms with Gasteiger partial charge in [-0.05, 0) is 12.5 Å². The van der Waals surface area contributed by atoms with E-state index in [1.807, 2.05) is 12.1 Å². The molecule has 1 radical (unpaired) electrons. The van der Waals surface area contributed by atoms with Gasteiger partial charge in [-0.3, -0.25) is 0 Å². The normalized spacial score (nSPS) is 10.3. The molecule has 0 unspecified atom stereocenters. The second kappa shape index (κ2) is 9.54. The van der Waals surface area contributed by atoms with Gasteiger partial charge >= 0.3 is 5.97 Å². The number of methoxy groups -OCH3 is 1. The Morgan fingerprint density at radius 1 is 1.32 bits per heavy atom. The van der Waals surface area contributed by atoms with Gasteiger partial charge in [0.2, 0.25) is 0 Å². The fourth-order valence-electron chi connectivity index (χ4n) is 2.33. The maximum absolute atomic E-state index is 11.2. The van der Waals surface area contributed by atoms with E-state index in [4.69, 9.17) is 14.3 Å². The van der Waals surface area contributed by atoms with Crippen LogP contribution in [-0.4, -0.2) is 31.4 Å². The van der Waals surface area contributed by atoms with Crippen molar-refractivity contribution < 1.29 is 67.9 Å². The molecular weight excluding hydrogens is 499 g/mol. The third-order valence-electron chi connectivity index (χ3n) is 3.28. The Labute approximate surface area is 165 Å². The average molecular weight is 519 g/mol. The van der Waals surface area contributed by atoms with Gasteiger partial charge in [0, 0.05) is 61.4 Å². The van der Waals surface area contributed by atoms with Crippen LogP contribution < -0.4 is 4.74 Å². The Balaban J connectivity index is 0.00000242. The van der Waals surface area contributed by atoms with Gasteiger partial charge in [0.15, 0.2) is 17.9 Å². The predicted octanol–water partition coefficient (Wildman–Crippen LogP) is 2.47. The van der Waals surface area contributed by atoms with E-state index in [1.54, 1.807) is 6.07 Å². The molecule has 0 fully saturated rings. The fourth-order valence-corrected chi connectivity index (χ4v) is 2.33. The maximum Gasteiger partial charge on any atom is 0.343 e.